The maximum atomic E-state index is 10.6. The Morgan fingerprint density at radius 1 is 1.33 bits per heavy atom. The van der Waals surface area contributed by atoms with Gasteiger partial charge in [-0.15, -0.1) is 0 Å². The first kappa shape index (κ1) is 13.0. The van der Waals surface area contributed by atoms with Crippen LogP contribution in [0.1, 0.15) is 12.6 Å². The third-order valence-electron chi connectivity index (χ3n) is 3.35. The fourth-order valence-electron chi connectivity index (χ4n) is 2.29. The topological polar surface area (TPSA) is 61.6 Å². The van der Waals surface area contributed by atoms with Crippen LogP contribution in [0, 0.1) is 0 Å². The first-order chi connectivity index (χ1) is 8.69. The van der Waals surface area contributed by atoms with Gasteiger partial charge in [-0.1, -0.05) is 0 Å². The summed E-state index contributed by atoms with van der Waals surface area (Å²) in [6, 6.07) is 0. The lowest BCUT2D eigenvalue weighted by Gasteiger charge is -2.33. The van der Waals surface area contributed by atoms with Crippen LogP contribution in [0.15, 0.2) is 12.5 Å². The third kappa shape index (κ3) is 3.30. The van der Waals surface area contributed by atoms with E-state index in [1.165, 1.54) is 5.69 Å². The van der Waals surface area contributed by atoms with Gasteiger partial charge in [-0.25, -0.2) is 4.98 Å². The molecule has 6 heteroatoms. The van der Waals surface area contributed by atoms with Crippen molar-refractivity contribution in [2.45, 2.75) is 20.0 Å². The van der Waals surface area contributed by atoms with Crippen molar-refractivity contribution in [3.05, 3.63) is 18.2 Å². The molecule has 0 saturated carbocycles. The van der Waals surface area contributed by atoms with Gasteiger partial charge in [0.05, 0.1) is 18.6 Å². The maximum Gasteiger partial charge on any atom is 0.317 e. The second kappa shape index (κ2) is 5.97. The van der Waals surface area contributed by atoms with Crippen LogP contribution in [-0.4, -0.2) is 63.2 Å². The number of carboxylic acid groups (broad SMARTS) is 1. The number of aryl methyl sites for hydroxylation is 1. The summed E-state index contributed by atoms with van der Waals surface area (Å²) in [5, 5.41) is 8.74. The minimum atomic E-state index is -0.743. The Balaban J connectivity index is 1.81. The number of piperazine rings is 1. The second-order valence-electron chi connectivity index (χ2n) is 4.62. The average molecular weight is 252 g/mol. The van der Waals surface area contributed by atoms with E-state index >= 15 is 0 Å². The van der Waals surface area contributed by atoms with Gasteiger partial charge in [0, 0.05) is 45.5 Å². The second-order valence-corrected chi connectivity index (χ2v) is 4.62. The van der Waals surface area contributed by atoms with Gasteiger partial charge in [0.1, 0.15) is 0 Å². The molecular formula is C12H20N4O2. The molecule has 6 nitrogen and oxygen atoms in total. The average Bonchev–Trinajstić information content (AvgIpc) is 2.78. The molecule has 0 unspecified atom stereocenters. The molecule has 1 aliphatic rings. The van der Waals surface area contributed by atoms with Gasteiger partial charge < -0.3 is 9.67 Å². The summed E-state index contributed by atoms with van der Waals surface area (Å²) < 4.78 is 2.14. The summed E-state index contributed by atoms with van der Waals surface area (Å²) in [4.78, 5) is 19.1. The van der Waals surface area contributed by atoms with Gasteiger partial charge in [0.2, 0.25) is 0 Å². The monoisotopic (exact) mass is 252 g/mol. The van der Waals surface area contributed by atoms with E-state index in [1.54, 1.807) is 0 Å². The molecule has 0 aromatic carbocycles. The minimum Gasteiger partial charge on any atom is -0.480 e. The number of aromatic nitrogens is 2. The highest BCUT2D eigenvalue weighted by Crippen LogP contribution is 2.08. The summed E-state index contributed by atoms with van der Waals surface area (Å²) in [6.07, 6.45) is 3.77. The molecular weight excluding hydrogens is 232 g/mol. The fourth-order valence-corrected chi connectivity index (χ4v) is 2.29. The van der Waals surface area contributed by atoms with E-state index in [-0.39, 0.29) is 6.54 Å². The number of aliphatic carboxylic acids is 1. The molecule has 1 saturated heterocycles. The molecule has 0 atom stereocenters. The molecule has 0 radical (unpaired) electrons. The first-order valence-corrected chi connectivity index (χ1v) is 6.34. The standard InChI is InChI=1S/C12H20N4O2/c1-2-16-10-13-7-11(16)8-14-3-5-15(6-4-14)9-12(17)18/h7,10H,2-6,8-9H2,1H3,(H,17,18). The Labute approximate surface area is 107 Å². The van der Waals surface area contributed by atoms with E-state index in [4.69, 9.17) is 5.11 Å². The largest absolute Gasteiger partial charge is 0.480 e. The smallest absolute Gasteiger partial charge is 0.317 e. The van der Waals surface area contributed by atoms with Crippen molar-refractivity contribution in [2.75, 3.05) is 32.7 Å². The van der Waals surface area contributed by atoms with Crippen molar-refractivity contribution in [3.63, 3.8) is 0 Å². The third-order valence-corrected chi connectivity index (χ3v) is 3.35. The quantitative estimate of drug-likeness (QED) is 0.805. The summed E-state index contributed by atoms with van der Waals surface area (Å²) in [5.74, 6) is -0.743. The Morgan fingerprint density at radius 3 is 2.61 bits per heavy atom. The van der Waals surface area contributed by atoms with E-state index in [0.717, 1.165) is 39.3 Å². The maximum absolute atomic E-state index is 10.6. The molecule has 0 spiro atoms. The zero-order valence-electron chi connectivity index (χ0n) is 10.7. The number of nitrogens with zero attached hydrogens (tertiary/aromatic N) is 4. The Bertz CT molecular complexity index is 397. The molecule has 18 heavy (non-hydrogen) atoms. The van der Waals surface area contributed by atoms with Crippen molar-refractivity contribution >= 4 is 5.97 Å². The van der Waals surface area contributed by atoms with Crippen LogP contribution in [0.3, 0.4) is 0 Å². The molecule has 0 amide bonds. The Hall–Kier alpha value is -1.40. The number of hydrogen-bond donors (Lipinski definition) is 1. The number of hydrogen-bond acceptors (Lipinski definition) is 4. The van der Waals surface area contributed by atoms with Crippen molar-refractivity contribution < 1.29 is 9.90 Å². The summed E-state index contributed by atoms with van der Waals surface area (Å²) in [6.45, 7) is 7.59. The van der Waals surface area contributed by atoms with Crippen LogP contribution in [0.2, 0.25) is 0 Å². The van der Waals surface area contributed by atoms with E-state index < -0.39 is 5.97 Å². The highest BCUT2D eigenvalue weighted by Gasteiger charge is 2.19. The fraction of sp³-hybridized carbons (Fsp3) is 0.667. The van der Waals surface area contributed by atoms with Gasteiger partial charge in [-0.05, 0) is 6.92 Å². The van der Waals surface area contributed by atoms with E-state index in [0.29, 0.717) is 0 Å². The van der Waals surface area contributed by atoms with Crippen LogP contribution in [0.5, 0.6) is 0 Å². The van der Waals surface area contributed by atoms with Crippen molar-refractivity contribution in [3.8, 4) is 0 Å². The zero-order valence-corrected chi connectivity index (χ0v) is 10.7. The molecule has 1 N–H and O–H groups in total. The Kier molecular flexibility index (Phi) is 4.33. The van der Waals surface area contributed by atoms with Crippen molar-refractivity contribution in [2.24, 2.45) is 0 Å². The molecule has 2 rings (SSSR count). The molecule has 1 aliphatic heterocycles. The molecule has 1 fully saturated rings. The van der Waals surface area contributed by atoms with Gasteiger partial charge in [0.25, 0.3) is 0 Å². The van der Waals surface area contributed by atoms with Crippen LogP contribution >= 0.6 is 0 Å². The lowest BCUT2D eigenvalue weighted by atomic mass is 10.3. The first-order valence-electron chi connectivity index (χ1n) is 6.34. The van der Waals surface area contributed by atoms with Crippen LogP contribution < -0.4 is 0 Å². The van der Waals surface area contributed by atoms with Gasteiger partial charge in [-0.2, -0.15) is 0 Å². The zero-order chi connectivity index (χ0) is 13.0. The van der Waals surface area contributed by atoms with Gasteiger partial charge in [-0.3, -0.25) is 14.6 Å². The van der Waals surface area contributed by atoms with Crippen LogP contribution in [-0.2, 0) is 17.9 Å². The summed E-state index contributed by atoms with van der Waals surface area (Å²) in [5.41, 5.74) is 1.23. The lowest BCUT2D eigenvalue weighted by molar-refractivity contribution is -0.138. The number of carbonyl (C=O) groups is 1. The highest BCUT2D eigenvalue weighted by molar-refractivity contribution is 5.69. The molecule has 100 valence electrons. The van der Waals surface area contributed by atoms with Crippen molar-refractivity contribution in [1.82, 2.24) is 19.4 Å². The Morgan fingerprint density at radius 2 is 2.00 bits per heavy atom. The van der Waals surface area contributed by atoms with Crippen molar-refractivity contribution in [1.29, 1.82) is 0 Å². The molecule has 1 aromatic heterocycles. The van der Waals surface area contributed by atoms with E-state index in [9.17, 15) is 4.79 Å². The lowest BCUT2D eigenvalue weighted by Crippen LogP contribution is -2.47. The number of rotatable bonds is 5. The summed E-state index contributed by atoms with van der Waals surface area (Å²) in [7, 11) is 0. The van der Waals surface area contributed by atoms with Gasteiger partial charge in [0.15, 0.2) is 0 Å². The molecule has 0 bridgehead atoms. The van der Waals surface area contributed by atoms with Crippen LogP contribution in [0.25, 0.3) is 0 Å². The molecule has 0 aliphatic carbocycles. The van der Waals surface area contributed by atoms with Gasteiger partial charge >= 0.3 is 5.97 Å². The minimum absolute atomic E-state index is 0.154. The number of carboxylic acids is 1. The van der Waals surface area contributed by atoms with Crippen LogP contribution in [0.4, 0.5) is 0 Å². The van der Waals surface area contributed by atoms with E-state index in [1.807, 2.05) is 17.4 Å². The highest BCUT2D eigenvalue weighted by atomic mass is 16.4. The summed E-state index contributed by atoms with van der Waals surface area (Å²) >= 11 is 0. The number of imidazole rings is 1. The molecule has 2 heterocycles. The normalized spacial score (nSPS) is 18.1. The SMILES string of the molecule is CCn1cncc1CN1CCN(CC(=O)O)CC1. The predicted octanol–water partition coefficient (Wildman–Crippen LogP) is 0.105. The van der Waals surface area contributed by atoms with E-state index in [2.05, 4.69) is 21.4 Å². The predicted molar refractivity (Wildman–Crippen MR) is 67.3 cm³/mol. The molecule has 1 aromatic rings.